The molecule has 0 atom stereocenters. The summed E-state index contributed by atoms with van der Waals surface area (Å²) >= 11 is 0. The fourth-order valence-corrected chi connectivity index (χ4v) is 3.69. The number of benzene rings is 1. The molecular weight excluding hydrogens is 266 g/mol. The van der Waals surface area contributed by atoms with E-state index in [9.17, 15) is 13.2 Å². The summed E-state index contributed by atoms with van der Waals surface area (Å²) in [6, 6.07) is 7.81. The van der Waals surface area contributed by atoms with Crippen molar-refractivity contribution in [2.75, 3.05) is 5.75 Å². The van der Waals surface area contributed by atoms with Gasteiger partial charge >= 0.3 is 5.97 Å². The second-order valence-electron chi connectivity index (χ2n) is 4.81. The predicted molar refractivity (Wildman–Crippen MR) is 71.4 cm³/mol. The molecule has 0 amide bonds. The molecule has 0 saturated carbocycles. The monoisotopic (exact) mass is 283 g/mol. The van der Waals surface area contributed by atoms with Gasteiger partial charge in [-0.05, 0) is 30.4 Å². The Labute approximate surface area is 112 Å². The summed E-state index contributed by atoms with van der Waals surface area (Å²) in [4.78, 5) is 10.4. The van der Waals surface area contributed by atoms with Crippen molar-refractivity contribution in [3.8, 4) is 0 Å². The molecule has 0 aromatic heterocycles. The van der Waals surface area contributed by atoms with Crippen molar-refractivity contribution in [3.05, 3.63) is 35.4 Å². The average molecular weight is 283 g/mol. The number of sulfonamides is 1. The second kappa shape index (κ2) is 5.71. The SMILES string of the molecule is O=C(O)CCCS(=O)(=O)NC1Cc2ccccc2C1. The van der Waals surface area contributed by atoms with E-state index in [4.69, 9.17) is 5.11 Å². The van der Waals surface area contributed by atoms with Crippen LogP contribution in [0.4, 0.5) is 0 Å². The Morgan fingerprint density at radius 3 is 2.37 bits per heavy atom. The first-order valence-electron chi connectivity index (χ1n) is 6.25. The van der Waals surface area contributed by atoms with Crippen molar-refractivity contribution >= 4 is 16.0 Å². The topological polar surface area (TPSA) is 83.5 Å². The number of nitrogens with one attached hydrogen (secondary N) is 1. The van der Waals surface area contributed by atoms with Gasteiger partial charge in [0.25, 0.3) is 0 Å². The minimum atomic E-state index is -3.39. The lowest BCUT2D eigenvalue weighted by Gasteiger charge is -2.12. The molecule has 1 aromatic rings. The van der Waals surface area contributed by atoms with Crippen LogP contribution >= 0.6 is 0 Å². The first-order chi connectivity index (χ1) is 8.96. The Kier molecular flexibility index (Phi) is 4.21. The first-order valence-corrected chi connectivity index (χ1v) is 7.90. The van der Waals surface area contributed by atoms with Crippen molar-refractivity contribution < 1.29 is 18.3 Å². The zero-order valence-electron chi connectivity index (χ0n) is 10.5. The Bertz CT molecular complexity index is 543. The van der Waals surface area contributed by atoms with Gasteiger partial charge in [0.2, 0.25) is 10.0 Å². The number of hydrogen-bond donors (Lipinski definition) is 2. The van der Waals surface area contributed by atoms with Crippen LogP contribution in [0.25, 0.3) is 0 Å². The molecule has 0 heterocycles. The van der Waals surface area contributed by atoms with Crippen LogP contribution in [0, 0.1) is 0 Å². The fourth-order valence-electron chi connectivity index (χ4n) is 2.37. The molecule has 0 saturated heterocycles. The van der Waals surface area contributed by atoms with Gasteiger partial charge in [-0.15, -0.1) is 0 Å². The molecule has 5 nitrogen and oxygen atoms in total. The van der Waals surface area contributed by atoms with Crippen LogP contribution in [0.2, 0.25) is 0 Å². The minimum Gasteiger partial charge on any atom is -0.481 e. The molecular formula is C13H17NO4S. The van der Waals surface area contributed by atoms with Crippen molar-refractivity contribution in [2.45, 2.75) is 31.7 Å². The Hall–Kier alpha value is -1.40. The van der Waals surface area contributed by atoms with Crippen LogP contribution < -0.4 is 4.72 Å². The number of carboxylic acid groups (broad SMARTS) is 1. The maximum atomic E-state index is 11.8. The van der Waals surface area contributed by atoms with E-state index in [1.807, 2.05) is 24.3 Å². The third kappa shape index (κ3) is 4.04. The number of carbonyl (C=O) groups is 1. The Morgan fingerprint density at radius 1 is 1.26 bits per heavy atom. The summed E-state index contributed by atoms with van der Waals surface area (Å²) in [5.74, 6) is -1.10. The van der Waals surface area contributed by atoms with Crippen molar-refractivity contribution in [2.24, 2.45) is 0 Å². The second-order valence-corrected chi connectivity index (χ2v) is 6.68. The van der Waals surface area contributed by atoms with Crippen LogP contribution in [0.15, 0.2) is 24.3 Å². The van der Waals surface area contributed by atoms with Crippen LogP contribution in [0.1, 0.15) is 24.0 Å². The molecule has 19 heavy (non-hydrogen) atoms. The van der Waals surface area contributed by atoms with Gasteiger partial charge < -0.3 is 5.11 Å². The molecule has 0 bridgehead atoms. The molecule has 1 aromatic carbocycles. The quantitative estimate of drug-likeness (QED) is 0.814. The molecule has 0 fully saturated rings. The van der Waals surface area contributed by atoms with Crippen LogP contribution in [-0.2, 0) is 27.7 Å². The molecule has 2 rings (SSSR count). The van der Waals surface area contributed by atoms with E-state index in [2.05, 4.69) is 4.72 Å². The van der Waals surface area contributed by atoms with Gasteiger partial charge in [0.1, 0.15) is 0 Å². The number of carboxylic acids is 1. The number of fused-ring (bicyclic) bond motifs is 1. The van der Waals surface area contributed by atoms with E-state index in [1.54, 1.807) is 0 Å². The van der Waals surface area contributed by atoms with E-state index >= 15 is 0 Å². The van der Waals surface area contributed by atoms with Gasteiger partial charge in [-0.3, -0.25) is 4.79 Å². The van der Waals surface area contributed by atoms with Gasteiger partial charge in [0, 0.05) is 12.5 Å². The average Bonchev–Trinajstić information content (AvgIpc) is 2.68. The fraction of sp³-hybridized carbons (Fsp3) is 0.462. The van der Waals surface area contributed by atoms with Crippen molar-refractivity contribution in [1.82, 2.24) is 4.72 Å². The van der Waals surface area contributed by atoms with Crippen LogP contribution in [-0.4, -0.2) is 31.3 Å². The minimum absolute atomic E-state index is 0.104. The van der Waals surface area contributed by atoms with Crippen LogP contribution in [0.5, 0.6) is 0 Å². The number of aliphatic carboxylic acids is 1. The van der Waals surface area contributed by atoms with E-state index in [0.29, 0.717) is 12.8 Å². The Balaban J connectivity index is 1.87. The standard InChI is InChI=1S/C13H17NO4S/c15-13(16)6-3-7-19(17,18)14-12-8-10-4-1-2-5-11(10)9-12/h1-2,4-5,12,14H,3,6-9H2,(H,15,16). The molecule has 0 unspecified atom stereocenters. The maximum Gasteiger partial charge on any atom is 0.303 e. The highest BCUT2D eigenvalue weighted by atomic mass is 32.2. The zero-order chi connectivity index (χ0) is 13.9. The molecule has 1 aliphatic carbocycles. The third-order valence-electron chi connectivity index (χ3n) is 3.20. The summed E-state index contributed by atoms with van der Waals surface area (Å²) in [5, 5.41) is 8.50. The summed E-state index contributed by atoms with van der Waals surface area (Å²) in [6.45, 7) is 0. The lowest BCUT2D eigenvalue weighted by atomic mass is 10.1. The van der Waals surface area contributed by atoms with E-state index < -0.39 is 16.0 Å². The van der Waals surface area contributed by atoms with E-state index in [-0.39, 0.29) is 24.6 Å². The summed E-state index contributed by atoms with van der Waals surface area (Å²) in [7, 11) is -3.39. The van der Waals surface area contributed by atoms with Crippen molar-refractivity contribution in [1.29, 1.82) is 0 Å². The predicted octanol–water partition coefficient (Wildman–Crippen LogP) is 0.938. The Morgan fingerprint density at radius 2 is 1.84 bits per heavy atom. The summed E-state index contributed by atoms with van der Waals surface area (Å²) < 4.78 is 26.3. The van der Waals surface area contributed by atoms with Gasteiger partial charge in [0.15, 0.2) is 0 Å². The molecule has 1 aliphatic rings. The summed E-state index contributed by atoms with van der Waals surface area (Å²) in [6.07, 6.45) is 1.43. The zero-order valence-corrected chi connectivity index (χ0v) is 11.3. The normalized spacial score (nSPS) is 15.4. The van der Waals surface area contributed by atoms with E-state index in [1.165, 1.54) is 11.1 Å². The highest BCUT2D eigenvalue weighted by molar-refractivity contribution is 7.89. The molecule has 6 heteroatoms. The van der Waals surface area contributed by atoms with E-state index in [0.717, 1.165) is 0 Å². The molecule has 0 spiro atoms. The third-order valence-corrected chi connectivity index (χ3v) is 4.72. The molecule has 104 valence electrons. The molecule has 0 radical (unpaired) electrons. The maximum absolute atomic E-state index is 11.8. The van der Waals surface area contributed by atoms with Gasteiger partial charge in [-0.1, -0.05) is 24.3 Å². The highest BCUT2D eigenvalue weighted by Crippen LogP contribution is 2.22. The van der Waals surface area contributed by atoms with Gasteiger partial charge in [0.05, 0.1) is 5.75 Å². The number of hydrogen-bond acceptors (Lipinski definition) is 3. The van der Waals surface area contributed by atoms with Crippen molar-refractivity contribution in [3.63, 3.8) is 0 Å². The first kappa shape index (κ1) is 14.0. The molecule has 0 aliphatic heterocycles. The number of rotatable bonds is 6. The lowest BCUT2D eigenvalue weighted by Crippen LogP contribution is -2.36. The smallest absolute Gasteiger partial charge is 0.303 e. The highest BCUT2D eigenvalue weighted by Gasteiger charge is 2.24. The largest absolute Gasteiger partial charge is 0.481 e. The van der Waals surface area contributed by atoms with Gasteiger partial charge in [-0.25, -0.2) is 13.1 Å². The summed E-state index contributed by atoms with van der Waals surface area (Å²) in [5.41, 5.74) is 2.36. The molecule has 2 N–H and O–H groups in total. The van der Waals surface area contributed by atoms with Gasteiger partial charge in [-0.2, -0.15) is 0 Å². The lowest BCUT2D eigenvalue weighted by molar-refractivity contribution is -0.137. The van der Waals surface area contributed by atoms with Crippen LogP contribution in [0.3, 0.4) is 0 Å².